The smallest absolute Gasteiger partial charge is 0.355 e. The van der Waals surface area contributed by atoms with Crippen molar-refractivity contribution in [1.29, 1.82) is 0 Å². The van der Waals surface area contributed by atoms with Crippen LogP contribution in [-0.4, -0.2) is 41.7 Å². The lowest BCUT2D eigenvalue weighted by Gasteiger charge is -2.37. The van der Waals surface area contributed by atoms with Gasteiger partial charge in [-0.1, -0.05) is 24.3 Å². The summed E-state index contributed by atoms with van der Waals surface area (Å²) < 4.78 is 5.49. The lowest BCUT2D eigenvalue weighted by atomic mass is 9.72. The number of aromatic nitrogens is 1. The van der Waals surface area contributed by atoms with E-state index in [4.69, 9.17) is 9.84 Å². The minimum atomic E-state index is -1.03. The number of nitrogens with zero attached hydrogens (tertiary/aromatic N) is 1. The number of nitrogens with one attached hydrogen (secondary N) is 1. The maximum absolute atomic E-state index is 13.1. The summed E-state index contributed by atoms with van der Waals surface area (Å²) in [6.07, 6.45) is 1.83. The van der Waals surface area contributed by atoms with Crippen LogP contribution in [-0.2, 0) is 21.4 Å². The Bertz CT molecular complexity index is 796. The fraction of sp³-hybridized carbons (Fsp3) is 0.421. The zero-order valence-corrected chi connectivity index (χ0v) is 15.5. The Hall–Kier alpha value is -2.25. The van der Waals surface area contributed by atoms with E-state index < -0.39 is 11.4 Å². The highest BCUT2D eigenvalue weighted by atomic mass is 32.1. The molecule has 2 aromatic rings. The molecule has 3 rings (SSSR count). The lowest BCUT2D eigenvalue weighted by molar-refractivity contribution is -0.130. The lowest BCUT2D eigenvalue weighted by Crippen LogP contribution is -2.48. The average molecular weight is 374 g/mol. The fourth-order valence-corrected chi connectivity index (χ4v) is 4.20. The van der Waals surface area contributed by atoms with E-state index >= 15 is 0 Å². The van der Waals surface area contributed by atoms with Crippen molar-refractivity contribution in [2.75, 3.05) is 19.8 Å². The van der Waals surface area contributed by atoms with Gasteiger partial charge in [0.05, 0.1) is 10.4 Å². The number of carbonyl (C=O) groups is 2. The highest BCUT2D eigenvalue weighted by Gasteiger charge is 2.42. The molecule has 1 saturated heterocycles. The van der Waals surface area contributed by atoms with Crippen LogP contribution in [0.25, 0.3) is 0 Å². The normalized spacial score (nSPS) is 16.2. The molecule has 1 fully saturated rings. The van der Waals surface area contributed by atoms with Gasteiger partial charge in [-0.25, -0.2) is 9.78 Å². The van der Waals surface area contributed by atoms with Crippen molar-refractivity contribution in [3.63, 3.8) is 0 Å². The highest BCUT2D eigenvalue weighted by molar-refractivity contribution is 7.09. The predicted octanol–water partition coefficient (Wildman–Crippen LogP) is 2.56. The molecule has 7 heteroatoms. The van der Waals surface area contributed by atoms with E-state index in [9.17, 15) is 9.59 Å². The van der Waals surface area contributed by atoms with Gasteiger partial charge < -0.3 is 15.2 Å². The Balaban J connectivity index is 1.70. The Morgan fingerprint density at radius 3 is 2.69 bits per heavy atom. The van der Waals surface area contributed by atoms with Crippen LogP contribution in [0.5, 0.6) is 0 Å². The van der Waals surface area contributed by atoms with E-state index in [2.05, 4.69) is 10.3 Å². The molecule has 0 saturated carbocycles. The summed E-state index contributed by atoms with van der Waals surface area (Å²) in [5.74, 6) is -1.03. The van der Waals surface area contributed by atoms with E-state index in [1.807, 2.05) is 31.2 Å². The first-order valence-corrected chi connectivity index (χ1v) is 9.51. The number of ether oxygens (including phenoxy) is 1. The molecule has 2 heterocycles. The van der Waals surface area contributed by atoms with E-state index in [1.54, 1.807) is 0 Å². The zero-order chi connectivity index (χ0) is 18.6. The summed E-state index contributed by atoms with van der Waals surface area (Å²) >= 11 is 1.30. The first-order valence-electron chi connectivity index (χ1n) is 8.63. The molecule has 6 nitrogen and oxygen atoms in total. The number of carbonyl (C=O) groups excluding carboxylic acids is 1. The second-order valence-electron chi connectivity index (χ2n) is 6.45. The highest BCUT2D eigenvalue weighted by Crippen LogP contribution is 2.36. The molecule has 1 aliphatic rings. The number of aryl methyl sites for hydroxylation is 1. The molecule has 26 heavy (non-hydrogen) atoms. The molecule has 138 valence electrons. The zero-order valence-electron chi connectivity index (χ0n) is 14.7. The first-order chi connectivity index (χ1) is 12.5. The molecular formula is C19H22N2O4S. The maximum atomic E-state index is 13.1. The number of benzene rings is 1. The van der Waals surface area contributed by atoms with Crippen LogP contribution >= 0.6 is 11.3 Å². The molecule has 0 aliphatic carbocycles. The summed E-state index contributed by atoms with van der Waals surface area (Å²) in [4.78, 5) is 28.1. The van der Waals surface area contributed by atoms with Gasteiger partial charge in [-0.2, -0.15) is 0 Å². The molecule has 1 aromatic heterocycles. The van der Waals surface area contributed by atoms with E-state index in [0.717, 1.165) is 11.1 Å². The van der Waals surface area contributed by atoms with E-state index in [0.29, 0.717) is 44.0 Å². The van der Waals surface area contributed by atoms with E-state index in [1.165, 1.54) is 16.7 Å². The molecule has 2 N–H and O–H groups in total. The number of carboxylic acid groups (broad SMARTS) is 1. The van der Waals surface area contributed by atoms with Gasteiger partial charge in [0.15, 0.2) is 5.69 Å². The summed E-state index contributed by atoms with van der Waals surface area (Å²) in [6, 6.07) is 8.01. The molecule has 1 amide bonds. The Morgan fingerprint density at radius 2 is 2.04 bits per heavy atom. The van der Waals surface area contributed by atoms with E-state index in [-0.39, 0.29) is 11.6 Å². The van der Waals surface area contributed by atoms with Crippen molar-refractivity contribution in [3.05, 3.63) is 51.5 Å². The largest absolute Gasteiger partial charge is 0.476 e. The third-order valence-electron chi connectivity index (χ3n) is 4.84. The predicted molar refractivity (Wildman–Crippen MR) is 98.7 cm³/mol. The van der Waals surface area contributed by atoms with Gasteiger partial charge in [-0.15, -0.1) is 11.3 Å². The second-order valence-corrected chi connectivity index (χ2v) is 7.39. The second kappa shape index (κ2) is 7.97. The van der Waals surface area contributed by atoms with Gasteiger partial charge in [0.1, 0.15) is 0 Å². The van der Waals surface area contributed by atoms with Crippen LogP contribution in [0.2, 0.25) is 0 Å². The van der Waals surface area contributed by atoms with Crippen molar-refractivity contribution >= 4 is 23.2 Å². The minimum absolute atomic E-state index is 0.00474. The van der Waals surface area contributed by atoms with Gasteiger partial charge in [0.2, 0.25) is 5.91 Å². The number of carboxylic acids is 1. The molecule has 1 aromatic carbocycles. The number of hydrogen-bond donors (Lipinski definition) is 2. The first kappa shape index (κ1) is 18.5. The molecule has 0 spiro atoms. The van der Waals surface area contributed by atoms with Gasteiger partial charge in [-0.05, 0) is 30.9 Å². The molecule has 0 unspecified atom stereocenters. The molecule has 0 bridgehead atoms. The van der Waals surface area contributed by atoms with Crippen LogP contribution in [0, 0.1) is 6.92 Å². The molecule has 0 atom stereocenters. The SMILES string of the molecule is Cc1ccccc1C1(C(=O)NCCc2nc(C(=O)O)cs2)CCOCC1. The number of amides is 1. The van der Waals surface area contributed by atoms with Crippen molar-refractivity contribution < 1.29 is 19.4 Å². The van der Waals surface area contributed by atoms with Crippen LogP contribution in [0.1, 0.15) is 39.5 Å². The van der Waals surface area contributed by atoms with Crippen molar-refractivity contribution in [2.45, 2.75) is 31.6 Å². The fourth-order valence-electron chi connectivity index (χ4n) is 3.42. The minimum Gasteiger partial charge on any atom is -0.476 e. The number of thiazole rings is 1. The number of aromatic carboxylic acids is 1. The number of hydrogen-bond acceptors (Lipinski definition) is 5. The average Bonchev–Trinajstić information content (AvgIpc) is 3.12. The monoisotopic (exact) mass is 374 g/mol. The summed E-state index contributed by atoms with van der Waals surface area (Å²) in [7, 11) is 0. The summed E-state index contributed by atoms with van der Waals surface area (Å²) in [6.45, 7) is 3.59. The Morgan fingerprint density at radius 1 is 1.31 bits per heavy atom. The van der Waals surface area contributed by atoms with Crippen LogP contribution in [0.3, 0.4) is 0 Å². The maximum Gasteiger partial charge on any atom is 0.355 e. The van der Waals surface area contributed by atoms with Gasteiger partial charge in [0.25, 0.3) is 0 Å². The molecule has 1 aliphatic heterocycles. The summed E-state index contributed by atoms with van der Waals surface area (Å²) in [5, 5.41) is 14.2. The van der Waals surface area contributed by atoms with Gasteiger partial charge >= 0.3 is 5.97 Å². The number of rotatable bonds is 6. The topological polar surface area (TPSA) is 88.5 Å². The molecule has 0 radical (unpaired) electrons. The standard InChI is InChI=1S/C19H22N2O4S/c1-13-4-2-3-5-14(13)19(7-10-25-11-8-19)18(24)20-9-6-16-21-15(12-26-16)17(22)23/h2-5,12H,6-11H2,1H3,(H,20,24)(H,22,23). The van der Waals surface area contributed by atoms with Crippen LogP contribution in [0.4, 0.5) is 0 Å². The van der Waals surface area contributed by atoms with Crippen LogP contribution < -0.4 is 5.32 Å². The third kappa shape index (κ3) is 3.78. The Kier molecular flexibility index (Phi) is 5.68. The van der Waals surface area contributed by atoms with Crippen molar-refractivity contribution in [2.24, 2.45) is 0 Å². The molecular weight excluding hydrogens is 352 g/mol. The van der Waals surface area contributed by atoms with Crippen LogP contribution in [0.15, 0.2) is 29.6 Å². The third-order valence-corrected chi connectivity index (χ3v) is 5.75. The van der Waals surface area contributed by atoms with Crippen molar-refractivity contribution in [3.8, 4) is 0 Å². The quantitative estimate of drug-likeness (QED) is 0.811. The summed E-state index contributed by atoms with van der Waals surface area (Å²) in [5.41, 5.74) is 1.65. The van der Waals surface area contributed by atoms with Gasteiger partial charge in [-0.3, -0.25) is 4.79 Å². The Labute approximate surface area is 156 Å². The van der Waals surface area contributed by atoms with Crippen molar-refractivity contribution in [1.82, 2.24) is 10.3 Å². The van der Waals surface area contributed by atoms with Gasteiger partial charge in [0, 0.05) is 31.6 Å².